The molecule has 5 heteroatoms. The first-order valence-corrected chi connectivity index (χ1v) is 6.37. The van der Waals surface area contributed by atoms with Crippen LogP contribution >= 0.6 is 0 Å². The molecule has 0 aliphatic carbocycles. The number of benzene rings is 1. The van der Waals surface area contributed by atoms with Gasteiger partial charge in [-0.05, 0) is 31.5 Å². The van der Waals surface area contributed by atoms with Crippen LogP contribution in [0.25, 0.3) is 0 Å². The van der Waals surface area contributed by atoms with Gasteiger partial charge in [-0.1, -0.05) is 6.07 Å². The van der Waals surface area contributed by atoms with Gasteiger partial charge >= 0.3 is 5.97 Å². The van der Waals surface area contributed by atoms with Gasteiger partial charge in [-0.2, -0.15) is 0 Å². The van der Waals surface area contributed by atoms with E-state index < -0.39 is 0 Å². The fourth-order valence-corrected chi connectivity index (χ4v) is 1.62. The summed E-state index contributed by atoms with van der Waals surface area (Å²) in [5.74, 6) is 1.16. The van der Waals surface area contributed by atoms with E-state index in [1.54, 1.807) is 14.0 Å². The molecule has 0 fully saturated rings. The van der Waals surface area contributed by atoms with Crippen LogP contribution in [0.15, 0.2) is 18.2 Å². The van der Waals surface area contributed by atoms with Gasteiger partial charge in [0, 0.05) is 6.54 Å². The maximum absolute atomic E-state index is 11.2. The summed E-state index contributed by atoms with van der Waals surface area (Å²) in [6, 6.07) is 5.69. The molecular formula is C14H21NO4. The number of nitrogens with one attached hydrogen (secondary N) is 1. The van der Waals surface area contributed by atoms with Crippen LogP contribution in [0.5, 0.6) is 11.5 Å². The van der Waals surface area contributed by atoms with Crippen LogP contribution < -0.4 is 14.8 Å². The van der Waals surface area contributed by atoms with Crippen LogP contribution in [0, 0.1) is 0 Å². The average molecular weight is 267 g/mol. The molecule has 0 spiro atoms. The third kappa shape index (κ3) is 5.18. The van der Waals surface area contributed by atoms with E-state index in [1.807, 2.05) is 25.1 Å². The molecule has 19 heavy (non-hydrogen) atoms. The quantitative estimate of drug-likeness (QED) is 0.727. The van der Waals surface area contributed by atoms with Crippen LogP contribution in [0.3, 0.4) is 0 Å². The minimum absolute atomic E-state index is 0.198. The van der Waals surface area contributed by atoms with Gasteiger partial charge in [0.1, 0.15) is 0 Å². The Morgan fingerprint density at radius 3 is 2.63 bits per heavy atom. The van der Waals surface area contributed by atoms with Crippen LogP contribution in [-0.2, 0) is 16.1 Å². The largest absolute Gasteiger partial charge is 0.493 e. The van der Waals surface area contributed by atoms with Gasteiger partial charge in [-0.25, -0.2) is 0 Å². The Morgan fingerprint density at radius 1 is 1.21 bits per heavy atom. The summed E-state index contributed by atoms with van der Waals surface area (Å²) >= 11 is 0. The second-order valence-corrected chi connectivity index (χ2v) is 3.83. The summed E-state index contributed by atoms with van der Waals surface area (Å²) in [6.07, 6.45) is 0. The van der Waals surface area contributed by atoms with Crippen molar-refractivity contribution >= 4 is 5.97 Å². The molecule has 1 aromatic carbocycles. The molecule has 1 rings (SSSR count). The second-order valence-electron chi connectivity index (χ2n) is 3.83. The standard InChI is InChI=1S/C14H21NO4/c1-4-18-12-7-6-11(8-13(12)17-3)9-15-10-14(16)19-5-2/h6-8,15H,4-5,9-10H2,1-3H3. The number of rotatable bonds is 8. The molecule has 0 unspecified atom stereocenters. The lowest BCUT2D eigenvalue weighted by Crippen LogP contribution is -2.24. The van der Waals surface area contributed by atoms with E-state index in [4.69, 9.17) is 14.2 Å². The Morgan fingerprint density at radius 2 is 2.00 bits per heavy atom. The first-order valence-electron chi connectivity index (χ1n) is 6.37. The van der Waals surface area contributed by atoms with Crippen LogP contribution in [0.2, 0.25) is 0 Å². The summed E-state index contributed by atoms with van der Waals surface area (Å²) in [5.41, 5.74) is 1.02. The van der Waals surface area contributed by atoms with Crippen molar-refractivity contribution in [3.05, 3.63) is 23.8 Å². The zero-order valence-electron chi connectivity index (χ0n) is 11.7. The van der Waals surface area contributed by atoms with Crippen molar-refractivity contribution in [2.24, 2.45) is 0 Å². The Kier molecular flexibility index (Phi) is 6.74. The SMILES string of the molecule is CCOC(=O)CNCc1ccc(OCC)c(OC)c1. The fraction of sp³-hybridized carbons (Fsp3) is 0.500. The zero-order valence-corrected chi connectivity index (χ0v) is 11.7. The molecule has 1 aromatic rings. The average Bonchev–Trinajstić information content (AvgIpc) is 2.41. The minimum atomic E-state index is -0.250. The Hall–Kier alpha value is -1.75. The van der Waals surface area contributed by atoms with Gasteiger partial charge in [0.25, 0.3) is 0 Å². The number of carbonyl (C=O) groups excluding carboxylic acids is 1. The Balaban J connectivity index is 2.52. The van der Waals surface area contributed by atoms with Crippen LogP contribution in [-0.4, -0.2) is 32.8 Å². The third-order valence-electron chi connectivity index (χ3n) is 2.43. The molecule has 0 heterocycles. The molecule has 0 aliphatic heterocycles. The van der Waals surface area contributed by atoms with Crippen molar-refractivity contribution in [2.45, 2.75) is 20.4 Å². The number of carbonyl (C=O) groups is 1. The van der Waals surface area contributed by atoms with Crippen LogP contribution in [0.4, 0.5) is 0 Å². The summed E-state index contributed by atoms with van der Waals surface area (Å²) in [7, 11) is 1.60. The summed E-state index contributed by atoms with van der Waals surface area (Å²) in [5, 5.41) is 3.02. The Bertz CT molecular complexity index is 406. The number of ether oxygens (including phenoxy) is 3. The molecule has 0 radical (unpaired) electrons. The smallest absolute Gasteiger partial charge is 0.319 e. The van der Waals surface area contributed by atoms with Gasteiger partial charge in [0.15, 0.2) is 11.5 Å². The highest BCUT2D eigenvalue weighted by Gasteiger charge is 2.06. The van der Waals surface area contributed by atoms with E-state index in [1.165, 1.54) is 0 Å². The molecule has 106 valence electrons. The van der Waals surface area contributed by atoms with E-state index >= 15 is 0 Å². The van der Waals surface area contributed by atoms with Gasteiger partial charge in [0.05, 0.1) is 26.9 Å². The number of hydrogen-bond acceptors (Lipinski definition) is 5. The summed E-state index contributed by atoms with van der Waals surface area (Å²) < 4.78 is 15.5. The summed E-state index contributed by atoms with van der Waals surface area (Å²) in [6.45, 7) is 5.47. The molecule has 5 nitrogen and oxygen atoms in total. The molecule has 1 N–H and O–H groups in total. The van der Waals surface area contributed by atoms with Gasteiger partial charge in [-0.15, -0.1) is 0 Å². The number of esters is 1. The van der Waals surface area contributed by atoms with E-state index in [0.29, 0.717) is 25.5 Å². The first kappa shape index (κ1) is 15.3. The predicted octanol–water partition coefficient (Wildman–Crippen LogP) is 1.75. The van der Waals surface area contributed by atoms with Crippen molar-refractivity contribution in [1.29, 1.82) is 0 Å². The molecule has 0 aromatic heterocycles. The van der Waals surface area contributed by atoms with E-state index in [-0.39, 0.29) is 12.5 Å². The zero-order chi connectivity index (χ0) is 14.1. The van der Waals surface area contributed by atoms with E-state index in [0.717, 1.165) is 11.3 Å². The monoisotopic (exact) mass is 267 g/mol. The van der Waals surface area contributed by atoms with Crippen molar-refractivity contribution in [2.75, 3.05) is 26.9 Å². The highest BCUT2D eigenvalue weighted by molar-refractivity contribution is 5.71. The number of hydrogen-bond donors (Lipinski definition) is 1. The maximum atomic E-state index is 11.2. The lowest BCUT2D eigenvalue weighted by molar-refractivity contribution is -0.142. The van der Waals surface area contributed by atoms with Crippen molar-refractivity contribution in [3.63, 3.8) is 0 Å². The molecule has 0 saturated carbocycles. The Labute approximate surface area is 113 Å². The molecule has 0 atom stereocenters. The summed E-state index contributed by atoms with van der Waals surface area (Å²) in [4.78, 5) is 11.2. The lowest BCUT2D eigenvalue weighted by atomic mass is 10.2. The van der Waals surface area contributed by atoms with Crippen molar-refractivity contribution < 1.29 is 19.0 Å². The van der Waals surface area contributed by atoms with Crippen molar-refractivity contribution in [1.82, 2.24) is 5.32 Å². The first-order chi connectivity index (χ1) is 9.21. The lowest BCUT2D eigenvalue weighted by Gasteiger charge is -2.11. The molecule has 0 aliphatic rings. The molecule has 0 amide bonds. The third-order valence-corrected chi connectivity index (χ3v) is 2.43. The van der Waals surface area contributed by atoms with Gasteiger partial charge in [0.2, 0.25) is 0 Å². The molecule has 0 saturated heterocycles. The maximum Gasteiger partial charge on any atom is 0.319 e. The predicted molar refractivity (Wildman–Crippen MR) is 72.5 cm³/mol. The highest BCUT2D eigenvalue weighted by atomic mass is 16.5. The molecular weight excluding hydrogens is 246 g/mol. The fourth-order valence-electron chi connectivity index (χ4n) is 1.62. The normalized spacial score (nSPS) is 10.1. The highest BCUT2D eigenvalue weighted by Crippen LogP contribution is 2.27. The second kappa shape index (κ2) is 8.37. The van der Waals surface area contributed by atoms with Gasteiger partial charge in [-0.3, -0.25) is 4.79 Å². The van der Waals surface area contributed by atoms with E-state index in [2.05, 4.69) is 5.32 Å². The van der Waals surface area contributed by atoms with E-state index in [9.17, 15) is 4.79 Å². The molecule has 0 bridgehead atoms. The van der Waals surface area contributed by atoms with Gasteiger partial charge < -0.3 is 19.5 Å². The topological polar surface area (TPSA) is 56.8 Å². The van der Waals surface area contributed by atoms with Crippen molar-refractivity contribution in [3.8, 4) is 11.5 Å². The van der Waals surface area contributed by atoms with Crippen LogP contribution in [0.1, 0.15) is 19.4 Å². The number of methoxy groups -OCH3 is 1. The minimum Gasteiger partial charge on any atom is -0.493 e.